The molecule has 164 valence electrons. The Bertz CT molecular complexity index is 1080. The first kappa shape index (κ1) is 21.2. The number of aromatic nitrogens is 4. The van der Waals surface area contributed by atoms with Gasteiger partial charge in [0.25, 0.3) is 0 Å². The molecule has 0 spiro atoms. The highest BCUT2D eigenvalue weighted by Gasteiger charge is 2.47. The topological polar surface area (TPSA) is 66.8 Å². The summed E-state index contributed by atoms with van der Waals surface area (Å²) in [6.45, 7) is -0.432. The average molecular weight is 442 g/mol. The Balaban J connectivity index is 1.56. The number of hydrogen-bond acceptors (Lipinski definition) is 6. The normalized spacial score (nSPS) is 15.8. The van der Waals surface area contributed by atoms with E-state index in [1.165, 1.54) is 18.3 Å². The van der Waals surface area contributed by atoms with Crippen molar-refractivity contribution >= 4 is 16.9 Å². The highest BCUT2D eigenvalue weighted by atomic mass is 19.4. The summed E-state index contributed by atoms with van der Waals surface area (Å²) in [5.41, 5.74) is -0.772. The molecule has 3 aromatic heterocycles. The van der Waals surface area contributed by atoms with E-state index in [9.17, 15) is 26.3 Å². The maximum atomic E-state index is 13.2. The molecule has 0 amide bonds. The van der Waals surface area contributed by atoms with E-state index in [1.807, 2.05) is 0 Å². The zero-order chi connectivity index (χ0) is 22.2. The van der Waals surface area contributed by atoms with Crippen LogP contribution >= 0.6 is 0 Å². The third-order valence-corrected chi connectivity index (χ3v) is 4.91. The fraction of sp³-hybridized carbons (Fsp3) is 0.368. The molecule has 0 aromatic carbocycles. The van der Waals surface area contributed by atoms with Crippen molar-refractivity contribution in [2.45, 2.75) is 25.4 Å². The molecule has 6 nitrogen and oxygen atoms in total. The molecule has 0 aliphatic carbocycles. The SMILES string of the molecule is FC(F)(F)c1ncccc1CNc1nc(CN2CC(C(F)(F)F)C2)nc2ncccc12. The van der Waals surface area contributed by atoms with Gasteiger partial charge in [-0.3, -0.25) is 9.88 Å². The van der Waals surface area contributed by atoms with E-state index in [0.717, 1.165) is 6.20 Å². The standard InChI is InChI=1S/C19H16F6N6/c20-18(21,22)12-8-31(9-12)10-14-29-16-13(4-2-6-27-16)17(30-14)28-7-11-3-1-5-26-15(11)19(23,24)25/h1-6,12H,7-10H2,(H,27,28,29,30). The number of rotatable bonds is 5. The van der Waals surface area contributed by atoms with E-state index in [4.69, 9.17) is 0 Å². The largest absolute Gasteiger partial charge is 0.433 e. The van der Waals surface area contributed by atoms with Crippen molar-refractivity contribution in [2.75, 3.05) is 18.4 Å². The predicted octanol–water partition coefficient (Wildman–Crippen LogP) is 4.04. The number of nitrogens with zero attached hydrogens (tertiary/aromatic N) is 5. The van der Waals surface area contributed by atoms with Gasteiger partial charge in [-0.15, -0.1) is 0 Å². The number of nitrogens with one attached hydrogen (secondary N) is 1. The van der Waals surface area contributed by atoms with Gasteiger partial charge in [-0.2, -0.15) is 26.3 Å². The Hall–Kier alpha value is -3.02. The monoisotopic (exact) mass is 442 g/mol. The Morgan fingerprint density at radius 3 is 2.39 bits per heavy atom. The molecule has 1 N–H and O–H groups in total. The number of hydrogen-bond donors (Lipinski definition) is 1. The van der Waals surface area contributed by atoms with E-state index in [2.05, 4.69) is 25.3 Å². The molecule has 1 aliphatic rings. The number of pyridine rings is 2. The number of alkyl halides is 6. The maximum Gasteiger partial charge on any atom is 0.433 e. The summed E-state index contributed by atoms with van der Waals surface area (Å²) in [6, 6.07) is 6.00. The highest BCUT2D eigenvalue weighted by Crippen LogP contribution is 2.34. The van der Waals surface area contributed by atoms with Gasteiger partial charge in [0, 0.05) is 37.6 Å². The lowest BCUT2D eigenvalue weighted by Crippen LogP contribution is -2.52. The van der Waals surface area contributed by atoms with Crippen LogP contribution in [-0.4, -0.2) is 44.1 Å². The fourth-order valence-corrected chi connectivity index (χ4v) is 3.33. The average Bonchev–Trinajstić information content (AvgIpc) is 2.67. The van der Waals surface area contributed by atoms with E-state index < -0.39 is 24.0 Å². The van der Waals surface area contributed by atoms with Gasteiger partial charge in [-0.05, 0) is 18.2 Å². The molecular weight excluding hydrogens is 426 g/mol. The summed E-state index contributed by atoms with van der Waals surface area (Å²) in [5, 5.41) is 3.36. The Labute approximate surface area is 172 Å². The lowest BCUT2D eigenvalue weighted by molar-refractivity contribution is -0.210. The van der Waals surface area contributed by atoms with Gasteiger partial charge in [-0.25, -0.2) is 15.0 Å². The van der Waals surface area contributed by atoms with Crippen molar-refractivity contribution in [1.82, 2.24) is 24.8 Å². The molecule has 0 radical (unpaired) electrons. The maximum absolute atomic E-state index is 13.2. The van der Waals surface area contributed by atoms with Gasteiger partial charge in [0.05, 0.1) is 17.8 Å². The summed E-state index contributed by atoms with van der Waals surface area (Å²) in [7, 11) is 0. The quantitative estimate of drug-likeness (QED) is 0.602. The Morgan fingerprint density at radius 1 is 0.968 bits per heavy atom. The molecule has 12 heteroatoms. The molecule has 0 bridgehead atoms. The van der Waals surface area contributed by atoms with Crippen LogP contribution in [0.5, 0.6) is 0 Å². The smallest absolute Gasteiger partial charge is 0.365 e. The second kappa shape index (κ2) is 7.91. The molecule has 4 heterocycles. The zero-order valence-electron chi connectivity index (χ0n) is 15.9. The lowest BCUT2D eigenvalue weighted by Gasteiger charge is -2.39. The van der Waals surface area contributed by atoms with Gasteiger partial charge in [-0.1, -0.05) is 6.07 Å². The molecule has 0 saturated carbocycles. The lowest BCUT2D eigenvalue weighted by atomic mass is 10.00. The molecular formula is C19H16F6N6. The van der Waals surface area contributed by atoms with E-state index >= 15 is 0 Å². The molecule has 4 rings (SSSR count). The summed E-state index contributed by atoms with van der Waals surface area (Å²) in [5.74, 6) is -0.899. The van der Waals surface area contributed by atoms with Crippen LogP contribution in [0.25, 0.3) is 11.0 Å². The number of halogens is 6. The van der Waals surface area contributed by atoms with Crippen molar-refractivity contribution in [3.05, 3.63) is 53.7 Å². The first-order chi connectivity index (χ1) is 14.6. The summed E-state index contributed by atoms with van der Waals surface area (Å²) in [6.07, 6.45) is -6.29. The Morgan fingerprint density at radius 2 is 1.68 bits per heavy atom. The summed E-state index contributed by atoms with van der Waals surface area (Å²) >= 11 is 0. The van der Waals surface area contributed by atoms with Gasteiger partial charge in [0.1, 0.15) is 17.3 Å². The molecule has 1 saturated heterocycles. The summed E-state index contributed by atoms with van der Waals surface area (Å²) in [4.78, 5) is 17.7. The van der Waals surface area contributed by atoms with E-state index in [1.54, 1.807) is 17.0 Å². The van der Waals surface area contributed by atoms with Crippen molar-refractivity contribution < 1.29 is 26.3 Å². The van der Waals surface area contributed by atoms with Crippen molar-refractivity contribution in [2.24, 2.45) is 5.92 Å². The minimum absolute atomic E-state index is 0.0667. The molecule has 1 fully saturated rings. The zero-order valence-corrected chi connectivity index (χ0v) is 15.9. The Kier molecular flexibility index (Phi) is 5.42. The minimum atomic E-state index is -4.61. The van der Waals surface area contributed by atoms with Gasteiger partial charge in [0.2, 0.25) is 0 Å². The van der Waals surface area contributed by atoms with E-state index in [0.29, 0.717) is 11.0 Å². The van der Waals surface area contributed by atoms with Gasteiger partial charge < -0.3 is 5.32 Å². The van der Waals surface area contributed by atoms with Crippen molar-refractivity contribution in [3.8, 4) is 0 Å². The van der Waals surface area contributed by atoms with Crippen LogP contribution < -0.4 is 5.32 Å². The minimum Gasteiger partial charge on any atom is -0.365 e. The number of anilines is 1. The van der Waals surface area contributed by atoms with Crippen LogP contribution in [0, 0.1) is 5.92 Å². The third kappa shape index (κ3) is 4.68. The van der Waals surface area contributed by atoms with Crippen LogP contribution in [0.2, 0.25) is 0 Å². The van der Waals surface area contributed by atoms with E-state index in [-0.39, 0.29) is 43.4 Å². The number of likely N-dealkylation sites (tertiary alicyclic amines) is 1. The number of fused-ring (bicyclic) bond motifs is 1. The fourth-order valence-electron chi connectivity index (χ4n) is 3.33. The highest BCUT2D eigenvalue weighted by molar-refractivity contribution is 5.86. The first-order valence-corrected chi connectivity index (χ1v) is 9.27. The third-order valence-electron chi connectivity index (χ3n) is 4.91. The van der Waals surface area contributed by atoms with Crippen LogP contribution in [-0.2, 0) is 19.3 Å². The van der Waals surface area contributed by atoms with Crippen molar-refractivity contribution in [3.63, 3.8) is 0 Å². The second-order valence-corrected chi connectivity index (χ2v) is 7.16. The van der Waals surface area contributed by atoms with Gasteiger partial charge in [0.15, 0.2) is 5.65 Å². The van der Waals surface area contributed by atoms with Crippen LogP contribution in [0.1, 0.15) is 17.1 Å². The summed E-state index contributed by atoms with van der Waals surface area (Å²) < 4.78 is 77.7. The van der Waals surface area contributed by atoms with Gasteiger partial charge >= 0.3 is 12.4 Å². The van der Waals surface area contributed by atoms with Crippen molar-refractivity contribution in [1.29, 1.82) is 0 Å². The van der Waals surface area contributed by atoms with Crippen LogP contribution in [0.4, 0.5) is 32.2 Å². The van der Waals surface area contributed by atoms with Crippen LogP contribution in [0.3, 0.4) is 0 Å². The molecule has 3 aromatic rings. The first-order valence-electron chi connectivity index (χ1n) is 9.27. The molecule has 0 atom stereocenters. The predicted molar refractivity (Wildman–Crippen MR) is 98.7 cm³/mol. The van der Waals surface area contributed by atoms with Crippen LogP contribution in [0.15, 0.2) is 36.7 Å². The second-order valence-electron chi connectivity index (χ2n) is 7.16. The molecule has 31 heavy (non-hydrogen) atoms. The molecule has 0 unspecified atom stereocenters. The molecule has 1 aliphatic heterocycles.